The van der Waals surface area contributed by atoms with Crippen LogP contribution in [-0.4, -0.2) is 28.9 Å². The Hall–Kier alpha value is -2.64. The molecule has 0 amide bonds. The Morgan fingerprint density at radius 1 is 1.24 bits per heavy atom. The molecule has 0 aliphatic carbocycles. The van der Waals surface area contributed by atoms with Gasteiger partial charge >= 0.3 is 5.69 Å². The van der Waals surface area contributed by atoms with Gasteiger partial charge < -0.3 is 4.57 Å². The molecule has 3 aromatic heterocycles. The number of nitrogens with zero attached hydrogens (tertiary/aromatic N) is 5. The molecule has 0 saturated carbocycles. The van der Waals surface area contributed by atoms with E-state index in [1.54, 1.807) is 22.2 Å². The monoisotopic (exact) mass is 289 g/mol. The molecule has 21 heavy (non-hydrogen) atoms. The van der Waals surface area contributed by atoms with E-state index in [1.807, 2.05) is 6.92 Å². The summed E-state index contributed by atoms with van der Waals surface area (Å²) in [6.07, 6.45) is 1.75. The Kier molecular flexibility index (Phi) is 2.65. The number of aryl methyl sites for hydroxylation is 2. The van der Waals surface area contributed by atoms with E-state index in [0.29, 0.717) is 16.9 Å². The summed E-state index contributed by atoms with van der Waals surface area (Å²) in [5.41, 5.74) is 0.643. The van der Waals surface area contributed by atoms with E-state index in [2.05, 4.69) is 4.98 Å². The summed E-state index contributed by atoms with van der Waals surface area (Å²) in [4.78, 5) is 40.0. The Balaban J connectivity index is 2.54. The lowest BCUT2D eigenvalue weighted by atomic mass is 10.4. The average molecular weight is 289 g/mol. The molecule has 3 aromatic rings. The Bertz CT molecular complexity index is 1010. The number of aromatic nitrogens is 5. The zero-order chi connectivity index (χ0) is 15.5. The summed E-state index contributed by atoms with van der Waals surface area (Å²) in [5.74, 6) is 0.473. The van der Waals surface area contributed by atoms with E-state index in [4.69, 9.17) is 0 Å². The predicted molar refractivity (Wildman–Crippen MR) is 76.6 cm³/mol. The summed E-state index contributed by atoms with van der Waals surface area (Å²) < 4.78 is 5.74. The first-order chi connectivity index (χ1) is 9.82. The molecule has 8 heteroatoms. The van der Waals surface area contributed by atoms with E-state index in [9.17, 15) is 14.4 Å². The van der Waals surface area contributed by atoms with Gasteiger partial charge in [-0.25, -0.2) is 4.79 Å². The predicted octanol–water partition coefficient (Wildman–Crippen LogP) is -0.416. The van der Waals surface area contributed by atoms with Gasteiger partial charge in [-0.1, -0.05) is 0 Å². The number of carbonyl (C=O) groups excluding carboxylic acids is 1. The maximum absolute atomic E-state index is 12.3. The third kappa shape index (κ3) is 1.68. The molecule has 0 spiro atoms. The van der Waals surface area contributed by atoms with Gasteiger partial charge in [0.15, 0.2) is 11.2 Å². The van der Waals surface area contributed by atoms with Gasteiger partial charge in [0.25, 0.3) is 5.56 Å². The summed E-state index contributed by atoms with van der Waals surface area (Å²) in [7, 11) is 3.00. The van der Waals surface area contributed by atoms with Gasteiger partial charge in [-0.2, -0.15) is 4.98 Å². The molecule has 0 aliphatic heterocycles. The van der Waals surface area contributed by atoms with Crippen LogP contribution in [0.5, 0.6) is 0 Å². The van der Waals surface area contributed by atoms with Crippen molar-refractivity contribution in [2.24, 2.45) is 14.1 Å². The second-order valence-electron chi connectivity index (χ2n) is 5.22. The molecule has 3 heterocycles. The van der Waals surface area contributed by atoms with Gasteiger partial charge in [0.2, 0.25) is 5.78 Å². The first-order valence-corrected chi connectivity index (χ1v) is 6.46. The topological polar surface area (TPSA) is 83.3 Å². The molecule has 0 radical (unpaired) electrons. The molecular weight excluding hydrogens is 274 g/mol. The third-order valence-electron chi connectivity index (χ3n) is 3.64. The molecule has 8 nitrogen and oxygen atoms in total. The second kappa shape index (κ2) is 4.18. The smallest absolute Gasteiger partial charge is 0.307 e. The standard InChI is InChI=1S/C13H15N5O3/c1-7-5-18-9-10(14-12(18)17(7)6-8(2)19)15(3)13(21)16(4)11(9)20/h5H,6H2,1-4H3. The maximum atomic E-state index is 12.3. The second-order valence-corrected chi connectivity index (χ2v) is 5.22. The molecule has 0 saturated heterocycles. The SMILES string of the molecule is CC(=O)Cn1c(C)cn2c3c(=O)n(C)c(=O)n(C)c3nc12. The van der Waals surface area contributed by atoms with Crippen molar-refractivity contribution in [1.82, 2.24) is 23.1 Å². The molecule has 0 unspecified atom stereocenters. The highest BCUT2D eigenvalue weighted by Crippen LogP contribution is 2.15. The lowest BCUT2D eigenvalue weighted by molar-refractivity contribution is -0.117. The summed E-state index contributed by atoms with van der Waals surface area (Å²) in [5, 5.41) is 0. The highest BCUT2D eigenvalue weighted by Gasteiger charge is 2.19. The van der Waals surface area contributed by atoms with Crippen molar-refractivity contribution in [2.75, 3.05) is 0 Å². The molecular formula is C13H15N5O3. The minimum Gasteiger partial charge on any atom is -0.307 e. The lowest BCUT2D eigenvalue weighted by Gasteiger charge is -2.02. The Morgan fingerprint density at radius 2 is 1.90 bits per heavy atom. The maximum Gasteiger partial charge on any atom is 0.332 e. The van der Waals surface area contributed by atoms with Crippen LogP contribution in [0.3, 0.4) is 0 Å². The van der Waals surface area contributed by atoms with Crippen LogP contribution in [0.15, 0.2) is 15.8 Å². The van der Waals surface area contributed by atoms with Crippen LogP contribution in [0.4, 0.5) is 0 Å². The third-order valence-corrected chi connectivity index (χ3v) is 3.64. The zero-order valence-corrected chi connectivity index (χ0v) is 12.2. The fourth-order valence-electron chi connectivity index (χ4n) is 2.55. The highest BCUT2D eigenvalue weighted by atomic mass is 16.2. The molecule has 0 fully saturated rings. The molecule has 0 N–H and O–H groups in total. The van der Waals surface area contributed by atoms with Crippen LogP contribution >= 0.6 is 0 Å². The number of carbonyl (C=O) groups is 1. The van der Waals surface area contributed by atoms with Crippen molar-refractivity contribution < 1.29 is 4.79 Å². The first-order valence-electron chi connectivity index (χ1n) is 6.46. The summed E-state index contributed by atoms with van der Waals surface area (Å²) >= 11 is 0. The van der Waals surface area contributed by atoms with E-state index in [-0.39, 0.29) is 12.3 Å². The first kappa shape index (κ1) is 13.3. The zero-order valence-electron chi connectivity index (χ0n) is 12.2. The van der Waals surface area contributed by atoms with Crippen molar-refractivity contribution in [2.45, 2.75) is 20.4 Å². The lowest BCUT2D eigenvalue weighted by Crippen LogP contribution is -2.37. The fraction of sp³-hybridized carbons (Fsp3) is 0.385. The van der Waals surface area contributed by atoms with Gasteiger partial charge in [-0.3, -0.25) is 23.1 Å². The number of rotatable bonds is 2. The minimum absolute atomic E-state index is 0.00922. The molecule has 0 bridgehead atoms. The van der Waals surface area contributed by atoms with Gasteiger partial charge in [0.1, 0.15) is 5.78 Å². The Morgan fingerprint density at radius 3 is 2.52 bits per heavy atom. The van der Waals surface area contributed by atoms with Crippen molar-refractivity contribution in [3.8, 4) is 0 Å². The number of Topliss-reactive ketones (excluding diaryl/α,β-unsaturated/α-hetero) is 1. The van der Waals surface area contributed by atoms with E-state index in [0.717, 1.165) is 10.3 Å². The largest absolute Gasteiger partial charge is 0.332 e. The molecule has 110 valence electrons. The highest BCUT2D eigenvalue weighted by molar-refractivity contribution is 5.78. The molecule has 0 aromatic carbocycles. The number of fused-ring (bicyclic) bond motifs is 3. The van der Waals surface area contributed by atoms with Crippen LogP contribution in [0.1, 0.15) is 12.6 Å². The van der Waals surface area contributed by atoms with E-state index >= 15 is 0 Å². The normalized spacial score (nSPS) is 11.6. The van der Waals surface area contributed by atoms with Crippen LogP contribution in [0.2, 0.25) is 0 Å². The fourth-order valence-corrected chi connectivity index (χ4v) is 2.55. The van der Waals surface area contributed by atoms with Crippen LogP contribution in [-0.2, 0) is 25.4 Å². The molecule has 0 atom stereocenters. The van der Waals surface area contributed by atoms with Gasteiger partial charge in [-0.05, 0) is 13.8 Å². The summed E-state index contributed by atoms with van der Waals surface area (Å²) in [6.45, 7) is 3.52. The summed E-state index contributed by atoms with van der Waals surface area (Å²) in [6, 6.07) is 0. The van der Waals surface area contributed by atoms with Crippen LogP contribution < -0.4 is 11.2 Å². The van der Waals surface area contributed by atoms with Crippen molar-refractivity contribution in [3.05, 3.63) is 32.7 Å². The van der Waals surface area contributed by atoms with E-state index in [1.165, 1.54) is 18.5 Å². The van der Waals surface area contributed by atoms with Crippen molar-refractivity contribution in [1.29, 1.82) is 0 Å². The van der Waals surface area contributed by atoms with Gasteiger partial charge in [0, 0.05) is 26.0 Å². The van der Waals surface area contributed by atoms with Gasteiger partial charge in [0.05, 0.1) is 6.54 Å². The number of hydrogen-bond acceptors (Lipinski definition) is 4. The quantitative estimate of drug-likeness (QED) is 0.641. The van der Waals surface area contributed by atoms with E-state index < -0.39 is 11.2 Å². The van der Waals surface area contributed by atoms with Crippen molar-refractivity contribution >= 4 is 22.7 Å². The molecule has 0 aliphatic rings. The van der Waals surface area contributed by atoms with Gasteiger partial charge in [-0.15, -0.1) is 0 Å². The Labute approximate surface area is 118 Å². The van der Waals surface area contributed by atoms with Crippen LogP contribution in [0.25, 0.3) is 16.9 Å². The number of ketones is 1. The van der Waals surface area contributed by atoms with Crippen molar-refractivity contribution in [3.63, 3.8) is 0 Å². The van der Waals surface area contributed by atoms with Crippen LogP contribution in [0, 0.1) is 6.92 Å². The average Bonchev–Trinajstić information content (AvgIpc) is 2.91. The molecule has 3 rings (SSSR count). The number of imidazole rings is 2. The number of hydrogen-bond donors (Lipinski definition) is 0. The minimum atomic E-state index is -0.428.